The van der Waals surface area contributed by atoms with Gasteiger partial charge in [-0.1, -0.05) is 6.92 Å². The molecule has 2 amide bonds. The molecule has 1 aromatic rings. The zero-order valence-corrected chi connectivity index (χ0v) is 16.7. The van der Waals surface area contributed by atoms with Crippen LogP contribution in [-0.2, 0) is 4.74 Å². The summed E-state index contributed by atoms with van der Waals surface area (Å²) < 4.78 is 5.25. The number of pyridine rings is 1. The lowest BCUT2D eigenvalue weighted by Crippen LogP contribution is -2.44. The second-order valence-corrected chi connectivity index (χ2v) is 7.71. The number of aromatic nitrogens is 1. The SMILES string of the molecule is CCC(=O)c1ccc(NC2CCCN(C(=O)O)C2)nc1NC(=O)OC(C)(C)C. The van der Waals surface area contributed by atoms with Gasteiger partial charge in [0.15, 0.2) is 5.78 Å². The molecule has 0 aliphatic carbocycles. The van der Waals surface area contributed by atoms with Crippen LogP contribution in [0.4, 0.5) is 21.2 Å². The Morgan fingerprint density at radius 1 is 1.32 bits per heavy atom. The fraction of sp³-hybridized carbons (Fsp3) is 0.579. The van der Waals surface area contributed by atoms with Crippen LogP contribution < -0.4 is 10.6 Å². The first kappa shape index (κ1) is 21.5. The third-order valence-electron chi connectivity index (χ3n) is 4.18. The van der Waals surface area contributed by atoms with Gasteiger partial charge in [-0.05, 0) is 45.7 Å². The number of likely N-dealkylation sites (tertiary alicyclic amines) is 1. The lowest BCUT2D eigenvalue weighted by atomic mass is 10.1. The number of anilines is 2. The Morgan fingerprint density at radius 3 is 2.64 bits per heavy atom. The Kier molecular flexibility index (Phi) is 6.82. The predicted molar refractivity (Wildman–Crippen MR) is 105 cm³/mol. The molecule has 0 radical (unpaired) electrons. The van der Waals surface area contributed by atoms with Crippen LogP contribution in [0.3, 0.4) is 0 Å². The lowest BCUT2D eigenvalue weighted by Gasteiger charge is -2.31. The van der Waals surface area contributed by atoms with Crippen molar-refractivity contribution in [3.05, 3.63) is 17.7 Å². The predicted octanol–water partition coefficient (Wildman–Crippen LogP) is 3.58. The van der Waals surface area contributed by atoms with Gasteiger partial charge in [-0.25, -0.2) is 14.6 Å². The molecular formula is C19H28N4O5. The summed E-state index contributed by atoms with van der Waals surface area (Å²) in [5, 5.41) is 14.9. The highest BCUT2D eigenvalue weighted by molar-refractivity contribution is 6.03. The van der Waals surface area contributed by atoms with Crippen molar-refractivity contribution in [2.24, 2.45) is 0 Å². The van der Waals surface area contributed by atoms with Crippen molar-refractivity contribution in [1.29, 1.82) is 0 Å². The molecule has 1 aliphatic heterocycles. The third kappa shape index (κ3) is 6.11. The van der Waals surface area contributed by atoms with Crippen molar-refractivity contribution < 1.29 is 24.2 Å². The highest BCUT2D eigenvalue weighted by Crippen LogP contribution is 2.22. The van der Waals surface area contributed by atoms with Crippen LogP contribution in [0.25, 0.3) is 0 Å². The Morgan fingerprint density at radius 2 is 2.04 bits per heavy atom. The Hall–Kier alpha value is -2.84. The molecule has 1 atom stereocenters. The minimum absolute atomic E-state index is 0.0977. The molecule has 3 N–H and O–H groups in total. The highest BCUT2D eigenvalue weighted by Gasteiger charge is 2.24. The van der Waals surface area contributed by atoms with Crippen LogP contribution in [0.1, 0.15) is 57.3 Å². The van der Waals surface area contributed by atoms with E-state index in [0.717, 1.165) is 12.8 Å². The number of ether oxygens (including phenoxy) is 1. The minimum atomic E-state index is -0.948. The minimum Gasteiger partial charge on any atom is -0.465 e. The Balaban J connectivity index is 2.19. The van der Waals surface area contributed by atoms with Crippen molar-refractivity contribution in [2.45, 2.75) is 58.6 Å². The summed E-state index contributed by atoms with van der Waals surface area (Å²) in [7, 11) is 0. The van der Waals surface area contributed by atoms with Gasteiger partial charge in [-0.3, -0.25) is 10.1 Å². The molecule has 0 saturated carbocycles. The number of carbonyl (C=O) groups excluding carboxylic acids is 2. The molecule has 1 saturated heterocycles. The molecule has 1 fully saturated rings. The average molecular weight is 392 g/mol. The summed E-state index contributed by atoms with van der Waals surface area (Å²) in [4.78, 5) is 41.2. The van der Waals surface area contributed by atoms with Crippen molar-refractivity contribution in [3.8, 4) is 0 Å². The number of ketones is 1. The number of carboxylic acid groups (broad SMARTS) is 1. The normalized spacial score (nSPS) is 17.0. The van der Waals surface area contributed by atoms with E-state index in [1.807, 2.05) is 0 Å². The first-order chi connectivity index (χ1) is 13.1. The van der Waals surface area contributed by atoms with Crippen molar-refractivity contribution >= 4 is 29.6 Å². The van der Waals surface area contributed by atoms with Gasteiger partial charge >= 0.3 is 12.2 Å². The molecule has 9 nitrogen and oxygen atoms in total. The van der Waals surface area contributed by atoms with E-state index >= 15 is 0 Å². The van der Waals surface area contributed by atoms with Crippen LogP contribution >= 0.6 is 0 Å². The molecule has 1 aliphatic rings. The number of nitrogens with zero attached hydrogens (tertiary/aromatic N) is 2. The van der Waals surface area contributed by atoms with Gasteiger partial charge in [-0.2, -0.15) is 0 Å². The molecule has 0 aromatic carbocycles. The van der Waals surface area contributed by atoms with E-state index in [-0.39, 0.29) is 24.1 Å². The van der Waals surface area contributed by atoms with Gasteiger partial charge in [-0.15, -0.1) is 0 Å². The fourth-order valence-corrected chi connectivity index (χ4v) is 2.93. The van der Waals surface area contributed by atoms with Gasteiger partial charge in [0.1, 0.15) is 17.2 Å². The number of amides is 2. The fourth-order valence-electron chi connectivity index (χ4n) is 2.93. The van der Waals surface area contributed by atoms with Gasteiger partial charge in [0, 0.05) is 25.6 Å². The van der Waals surface area contributed by atoms with Gasteiger partial charge in [0.2, 0.25) is 0 Å². The lowest BCUT2D eigenvalue weighted by molar-refractivity contribution is 0.0635. The quantitative estimate of drug-likeness (QED) is 0.655. The zero-order valence-electron chi connectivity index (χ0n) is 16.7. The number of hydrogen-bond donors (Lipinski definition) is 3. The molecule has 9 heteroatoms. The molecule has 154 valence electrons. The van der Waals surface area contributed by atoms with Crippen LogP contribution in [0.5, 0.6) is 0 Å². The number of Topliss-reactive ketones (excluding diaryl/α,β-unsaturated/α-hetero) is 1. The number of rotatable bonds is 5. The molecule has 2 heterocycles. The van der Waals surface area contributed by atoms with Crippen molar-refractivity contribution in [1.82, 2.24) is 9.88 Å². The maximum absolute atomic E-state index is 12.2. The maximum atomic E-state index is 12.2. The van der Waals surface area contributed by atoms with Crippen molar-refractivity contribution in [3.63, 3.8) is 0 Å². The van der Waals surface area contributed by atoms with E-state index in [1.165, 1.54) is 4.90 Å². The number of piperidine rings is 1. The first-order valence-corrected chi connectivity index (χ1v) is 9.37. The van der Waals surface area contributed by atoms with Crippen LogP contribution in [0.15, 0.2) is 12.1 Å². The summed E-state index contributed by atoms with van der Waals surface area (Å²) in [6, 6.07) is 3.16. The second kappa shape index (κ2) is 8.90. The van der Waals surface area contributed by atoms with E-state index in [9.17, 15) is 14.4 Å². The molecular weight excluding hydrogens is 364 g/mol. The maximum Gasteiger partial charge on any atom is 0.413 e. The molecule has 0 spiro atoms. The molecule has 28 heavy (non-hydrogen) atoms. The zero-order chi connectivity index (χ0) is 20.9. The van der Waals surface area contributed by atoms with E-state index in [2.05, 4.69) is 15.6 Å². The van der Waals surface area contributed by atoms with Crippen LogP contribution in [-0.4, -0.2) is 57.7 Å². The van der Waals surface area contributed by atoms with E-state index < -0.39 is 17.8 Å². The summed E-state index contributed by atoms with van der Waals surface area (Å²) in [5.41, 5.74) is -0.383. The van der Waals surface area contributed by atoms with E-state index in [1.54, 1.807) is 39.8 Å². The monoisotopic (exact) mass is 392 g/mol. The van der Waals surface area contributed by atoms with Gasteiger partial charge < -0.3 is 20.1 Å². The Bertz CT molecular complexity index is 744. The van der Waals surface area contributed by atoms with Crippen LogP contribution in [0, 0.1) is 0 Å². The molecule has 0 bridgehead atoms. The summed E-state index contributed by atoms with van der Waals surface area (Å²) in [6.07, 6.45) is 0.177. The smallest absolute Gasteiger partial charge is 0.413 e. The number of nitrogens with one attached hydrogen (secondary N) is 2. The number of carbonyl (C=O) groups is 3. The summed E-state index contributed by atoms with van der Waals surface area (Å²) in [5.74, 6) is 0.424. The van der Waals surface area contributed by atoms with Crippen molar-refractivity contribution in [2.75, 3.05) is 23.7 Å². The van der Waals surface area contributed by atoms with Gasteiger partial charge in [0.25, 0.3) is 0 Å². The van der Waals surface area contributed by atoms with E-state index in [0.29, 0.717) is 24.5 Å². The second-order valence-electron chi connectivity index (χ2n) is 7.71. The summed E-state index contributed by atoms with van der Waals surface area (Å²) in [6.45, 7) is 7.82. The first-order valence-electron chi connectivity index (χ1n) is 9.37. The topological polar surface area (TPSA) is 121 Å². The molecule has 2 rings (SSSR count). The standard InChI is InChI=1S/C19H28N4O5/c1-5-14(24)13-8-9-15(20-12-7-6-10-23(11-12)18(26)27)21-16(13)22-17(25)28-19(2,3)4/h8-9,12H,5-7,10-11H2,1-4H3,(H,26,27)(H2,20,21,22,25). The molecule has 1 unspecified atom stereocenters. The van der Waals surface area contributed by atoms with Crippen LogP contribution in [0.2, 0.25) is 0 Å². The largest absolute Gasteiger partial charge is 0.465 e. The summed E-state index contributed by atoms with van der Waals surface area (Å²) >= 11 is 0. The highest BCUT2D eigenvalue weighted by atomic mass is 16.6. The number of hydrogen-bond acceptors (Lipinski definition) is 6. The molecule has 1 aromatic heterocycles. The Labute approximate surface area is 164 Å². The average Bonchev–Trinajstić information content (AvgIpc) is 2.60. The van der Waals surface area contributed by atoms with E-state index in [4.69, 9.17) is 9.84 Å². The van der Waals surface area contributed by atoms with Gasteiger partial charge in [0.05, 0.1) is 5.56 Å². The third-order valence-corrected chi connectivity index (χ3v) is 4.18.